The molecule has 0 radical (unpaired) electrons. The summed E-state index contributed by atoms with van der Waals surface area (Å²) in [6, 6.07) is 8.11. The molecule has 114 valence electrons. The highest BCUT2D eigenvalue weighted by Gasteiger charge is 1.99. The van der Waals surface area contributed by atoms with Crippen molar-refractivity contribution in [2.75, 3.05) is 19.6 Å². The predicted molar refractivity (Wildman–Crippen MR) is 93.0 cm³/mol. The molecule has 0 unspecified atom stereocenters. The lowest BCUT2D eigenvalue weighted by molar-refractivity contribution is 0.562. The number of alkyl halides is 1. The third-order valence-corrected chi connectivity index (χ3v) is 2.05. The van der Waals surface area contributed by atoms with E-state index in [-0.39, 0.29) is 0 Å². The van der Waals surface area contributed by atoms with Gasteiger partial charge >= 0.3 is 0 Å². The maximum atomic E-state index is 10.6. The Morgan fingerprint density at radius 3 is 2.29 bits per heavy atom. The zero-order valence-electron chi connectivity index (χ0n) is 13.0. The molecule has 0 amide bonds. The number of benzene rings is 1. The van der Waals surface area contributed by atoms with Gasteiger partial charge in [-0.25, -0.2) is 4.39 Å². The highest BCUT2D eigenvalue weighted by molar-refractivity contribution is 5.83. The number of allylic oxidation sites excluding steroid dienone is 1. The Morgan fingerprint density at radius 2 is 1.90 bits per heavy atom. The molecule has 1 heterocycles. The monoisotopic (exact) mass is 289 g/mol. The van der Waals surface area contributed by atoms with Gasteiger partial charge in [-0.05, 0) is 32.2 Å². The molecule has 0 saturated heterocycles. The fourth-order valence-electron chi connectivity index (χ4n) is 1.38. The molecule has 21 heavy (non-hydrogen) atoms. The van der Waals surface area contributed by atoms with Crippen LogP contribution in [-0.2, 0) is 0 Å². The van der Waals surface area contributed by atoms with Gasteiger partial charge in [0.25, 0.3) is 0 Å². The zero-order chi connectivity index (χ0) is 16.7. The van der Waals surface area contributed by atoms with Gasteiger partial charge in [-0.3, -0.25) is 4.68 Å². The van der Waals surface area contributed by atoms with Crippen LogP contribution in [-0.4, -0.2) is 25.1 Å². The van der Waals surface area contributed by atoms with Crippen LogP contribution in [0.4, 0.5) is 4.39 Å². The van der Waals surface area contributed by atoms with Gasteiger partial charge in [0, 0.05) is 18.6 Å². The SMILES string of the molecule is C#CC.C=CCF.C=NC.Cc1cn(N)c2ccccc12. The van der Waals surface area contributed by atoms with E-state index in [0.717, 1.165) is 5.52 Å². The van der Waals surface area contributed by atoms with Crippen molar-refractivity contribution in [1.29, 1.82) is 0 Å². The summed E-state index contributed by atoms with van der Waals surface area (Å²) >= 11 is 0. The minimum atomic E-state index is -0.417. The average molecular weight is 289 g/mol. The molecule has 0 aliphatic carbocycles. The smallest absolute Gasteiger partial charge is 0.107 e. The van der Waals surface area contributed by atoms with E-state index in [2.05, 4.69) is 43.6 Å². The first-order valence-corrected chi connectivity index (χ1v) is 6.24. The first kappa shape index (κ1) is 20.8. The molecule has 3 nitrogen and oxygen atoms in total. The number of nitrogens with zero attached hydrogens (tertiary/aromatic N) is 2. The van der Waals surface area contributed by atoms with E-state index < -0.39 is 6.67 Å². The fourth-order valence-corrected chi connectivity index (χ4v) is 1.38. The molecule has 2 aromatic rings. The highest BCUT2D eigenvalue weighted by atomic mass is 19.1. The number of fused-ring (bicyclic) bond motifs is 1. The van der Waals surface area contributed by atoms with Gasteiger partial charge in [-0.1, -0.05) is 24.3 Å². The molecule has 0 saturated carbocycles. The van der Waals surface area contributed by atoms with Gasteiger partial charge in [0.2, 0.25) is 0 Å². The van der Waals surface area contributed by atoms with Crippen LogP contribution in [0.15, 0.2) is 48.1 Å². The predicted octanol–water partition coefficient (Wildman–Crippen LogP) is 3.76. The molecule has 4 heteroatoms. The Kier molecular flexibility index (Phi) is 13.7. The van der Waals surface area contributed by atoms with Crippen LogP contribution in [0.1, 0.15) is 12.5 Å². The summed E-state index contributed by atoms with van der Waals surface area (Å²) in [6.07, 6.45) is 7.74. The Bertz CT molecular complexity index is 529. The van der Waals surface area contributed by atoms with E-state index in [1.54, 1.807) is 18.6 Å². The number of aromatic nitrogens is 1. The number of nitrogen functional groups attached to an aromatic ring is 1. The van der Waals surface area contributed by atoms with Crippen molar-refractivity contribution in [2.24, 2.45) is 4.99 Å². The summed E-state index contributed by atoms with van der Waals surface area (Å²) in [5, 5.41) is 1.23. The van der Waals surface area contributed by atoms with Gasteiger partial charge in [0.1, 0.15) is 6.67 Å². The second kappa shape index (κ2) is 13.9. The van der Waals surface area contributed by atoms with Crippen LogP contribution in [0, 0.1) is 19.3 Å². The average Bonchev–Trinajstić information content (AvgIpc) is 2.77. The number of halogens is 1. The van der Waals surface area contributed by atoms with Gasteiger partial charge < -0.3 is 10.8 Å². The van der Waals surface area contributed by atoms with Gasteiger partial charge in [0.15, 0.2) is 0 Å². The van der Waals surface area contributed by atoms with Crippen molar-refractivity contribution in [3.05, 3.63) is 48.7 Å². The van der Waals surface area contributed by atoms with Crippen LogP contribution in [0.3, 0.4) is 0 Å². The Morgan fingerprint density at radius 1 is 1.48 bits per heavy atom. The number of nitrogens with two attached hydrogens (primary N) is 1. The molecule has 0 atom stereocenters. The number of hydrogen-bond donors (Lipinski definition) is 1. The third-order valence-electron chi connectivity index (χ3n) is 2.05. The second-order valence-corrected chi connectivity index (χ2v) is 3.78. The standard InChI is InChI=1S/C9H10N2.C3H5F.C3H4.C2H5N/c1-7-6-11(10)9-5-3-2-4-8(7)9;1-2-3-4;2*1-3-2/h2-6H,10H2,1H3;2H,1,3H2;1H,2H3;1H2,2H3. The molecule has 0 aliphatic rings. The summed E-state index contributed by atoms with van der Waals surface area (Å²) in [7, 11) is 1.64. The van der Waals surface area contributed by atoms with E-state index in [1.807, 2.05) is 24.4 Å². The van der Waals surface area contributed by atoms with Gasteiger partial charge in [-0.2, -0.15) is 0 Å². The summed E-state index contributed by atoms with van der Waals surface area (Å²) in [5.41, 5.74) is 2.31. The minimum Gasteiger partial charge on any atom is -0.339 e. The Hall–Kier alpha value is -2.54. The number of aryl methyl sites for hydroxylation is 1. The van der Waals surface area contributed by atoms with Crippen molar-refractivity contribution < 1.29 is 4.39 Å². The maximum Gasteiger partial charge on any atom is 0.107 e. The molecule has 0 bridgehead atoms. The number of rotatable bonds is 1. The summed E-state index contributed by atoms with van der Waals surface area (Å²) in [6.45, 7) is 9.51. The second-order valence-electron chi connectivity index (χ2n) is 3.78. The Labute approximate surface area is 127 Å². The lowest BCUT2D eigenvalue weighted by Crippen LogP contribution is -2.04. The van der Waals surface area contributed by atoms with E-state index >= 15 is 0 Å². The normalized spacial score (nSPS) is 7.76. The van der Waals surface area contributed by atoms with Crippen molar-refractivity contribution in [3.63, 3.8) is 0 Å². The van der Waals surface area contributed by atoms with Crippen LogP contribution < -0.4 is 5.84 Å². The van der Waals surface area contributed by atoms with Gasteiger partial charge in [-0.15, -0.1) is 18.9 Å². The van der Waals surface area contributed by atoms with Crippen LogP contribution >= 0.6 is 0 Å². The quantitative estimate of drug-likeness (QED) is 0.369. The molecule has 0 fully saturated rings. The largest absolute Gasteiger partial charge is 0.339 e. The molecule has 0 aliphatic heterocycles. The van der Waals surface area contributed by atoms with E-state index in [1.165, 1.54) is 17.0 Å². The van der Waals surface area contributed by atoms with E-state index in [9.17, 15) is 4.39 Å². The van der Waals surface area contributed by atoms with E-state index in [4.69, 9.17) is 5.84 Å². The first-order valence-electron chi connectivity index (χ1n) is 6.24. The summed E-state index contributed by atoms with van der Waals surface area (Å²) < 4.78 is 12.3. The van der Waals surface area contributed by atoms with Gasteiger partial charge in [0.05, 0.1) is 5.52 Å². The molecular formula is C17H24FN3. The van der Waals surface area contributed by atoms with Crippen molar-refractivity contribution >= 4 is 17.6 Å². The van der Waals surface area contributed by atoms with Crippen molar-refractivity contribution in [2.45, 2.75) is 13.8 Å². The van der Waals surface area contributed by atoms with Crippen LogP contribution in [0.5, 0.6) is 0 Å². The zero-order valence-corrected chi connectivity index (χ0v) is 13.0. The molecule has 2 N–H and O–H groups in total. The highest BCUT2D eigenvalue weighted by Crippen LogP contribution is 2.17. The molecular weight excluding hydrogens is 265 g/mol. The fraction of sp³-hybridized carbons (Fsp3) is 0.235. The maximum absolute atomic E-state index is 10.6. The molecule has 1 aromatic carbocycles. The molecule has 1 aromatic heterocycles. The topological polar surface area (TPSA) is 43.3 Å². The van der Waals surface area contributed by atoms with Crippen LogP contribution in [0.2, 0.25) is 0 Å². The molecule has 2 rings (SSSR count). The number of hydrogen-bond acceptors (Lipinski definition) is 2. The number of terminal acetylenes is 1. The number of aliphatic imine (C=N–C) groups is 1. The van der Waals surface area contributed by atoms with Crippen molar-refractivity contribution in [1.82, 2.24) is 4.68 Å². The van der Waals surface area contributed by atoms with E-state index in [0.29, 0.717) is 0 Å². The van der Waals surface area contributed by atoms with Crippen molar-refractivity contribution in [3.8, 4) is 12.3 Å². The minimum absolute atomic E-state index is 0.417. The number of para-hydroxylation sites is 1. The Balaban J connectivity index is 0. The third kappa shape index (κ3) is 9.06. The lowest BCUT2D eigenvalue weighted by Gasteiger charge is -1.92. The lowest BCUT2D eigenvalue weighted by atomic mass is 10.2. The van der Waals surface area contributed by atoms with Crippen LogP contribution in [0.25, 0.3) is 10.9 Å². The molecule has 0 spiro atoms. The summed E-state index contributed by atoms with van der Waals surface area (Å²) in [5.74, 6) is 7.94. The first-order chi connectivity index (χ1) is 10.0. The summed E-state index contributed by atoms with van der Waals surface area (Å²) in [4.78, 5) is 3.25.